The number of hydrogen-bond acceptors (Lipinski definition) is 4. The van der Waals surface area contributed by atoms with Crippen LogP contribution in [0, 0.1) is 17.5 Å². The number of nitrogens with zero attached hydrogens (tertiary/aromatic N) is 4. The molecule has 2 aliphatic heterocycles. The van der Waals surface area contributed by atoms with Crippen molar-refractivity contribution in [1.82, 2.24) is 25.0 Å². The summed E-state index contributed by atoms with van der Waals surface area (Å²) >= 11 is 0. The van der Waals surface area contributed by atoms with Gasteiger partial charge in [0.1, 0.15) is 17.5 Å². The summed E-state index contributed by atoms with van der Waals surface area (Å²) < 4.78 is 42.4. The molecule has 5 nitrogen and oxygen atoms in total. The molecular weight excluding hydrogens is 367 g/mol. The SMILES string of the molecule is Cl.Fc1cc(F)c(CN2CCC(c3nnc4n3CCNC4)CC2)cc1F. The van der Waals surface area contributed by atoms with Crippen molar-refractivity contribution in [1.29, 1.82) is 0 Å². The van der Waals surface area contributed by atoms with E-state index < -0.39 is 17.5 Å². The number of piperidine rings is 1. The lowest BCUT2D eigenvalue weighted by Gasteiger charge is -2.32. The smallest absolute Gasteiger partial charge is 0.161 e. The molecule has 1 aromatic heterocycles. The van der Waals surface area contributed by atoms with Gasteiger partial charge in [0.05, 0.1) is 6.54 Å². The second kappa shape index (κ2) is 7.94. The summed E-state index contributed by atoms with van der Waals surface area (Å²) in [7, 11) is 0. The molecule has 0 bridgehead atoms. The number of rotatable bonds is 3. The highest BCUT2D eigenvalue weighted by Crippen LogP contribution is 2.29. The molecule has 0 atom stereocenters. The van der Waals surface area contributed by atoms with E-state index in [0.29, 0.717) is 12.0 Å². The largest absolute Gasteiger partial charge is 0.312 e. The summed E-state index contributed by atoms with van der Waals surface area (Å²) in [4.78, 5) is 2.07. The Morgan fingerprint density at radius 3 is 2.50 bits per heavy atom. The van der Waals surface area contributed by atoms with Gasteiger partial charge in [0.25, 0.3) is 0 Å². The molecule has 0 radical (unpaired) electrons. The monoisotopic (exact) mass is 387 g/mol. The third kappa shape index (κ3) is 3.72. The molecule has 0 aliphatic carbocycles. The van der Waals surface area contributed by atoms with E-state index in [9.17, 15) is 13.2 Å². The van der Waals surface area contributed by atoms with Gasteiger partial charge < -0.3 is 9.88 Å². The Bertz CT molecular complexity index is 774. The number of aromatic nitrogens is 3. The van der Waals surface area contributed by atoms with Crippen molar-refractivity contribution >= 4 is 12.4 Å². The van der Waals surface area contributed by atoms with Crippen LogP contribution in [-0.2, 0) is 19.6 Å². The van der Waals surface area contributed by atoms with E-state index in [4.69, 9.17) is 0 Å². The molecule has 4 rings (SSSR count). The maximum absolute atomic E-state index is 13.8. The van der Waals surface area contributed by atoms with Crippen LogP contribution in [0.1, 0.15) is 36.0 Å². The number of nitrogens with one attached hydrogen (secondary N) is 1. The molecule has 0 unspecified atom stereocenters. The molecule has 0 saturated carbocycles. The Labute approximate surface area is 156 Å². The molecule has 0 amide bonds. The molecule has 1 N–H and O–H groups in total. The summed E-state index contributed by atoms with van der Waals surface area (Å²) in [6.07, 6.45) is 1.80. The lowest BCUT2D eigenvalue weighted by atomic mass is 9.95. The molecular formula is C17H21ClF3N5. The van der Waals surface area contributed by atoms with Crippen molar-refractivity contribution in [3.63, 3.8) is 0 Å². The van der Waals surface area contributed by atoms with Gasteiger partial charge in [0.15, 0.2) is 11.6 Å². The maximum Gasteiger partial charge on any atom is 0.161 e. The third-order valence-electron chi connectivity index (χ3n) is 5.09. The summed E-state index contributed by atoms with van der Waals surface area (Å²) in [6, 6.07) is 1.58. The number of fused-ring (bicyclic) bond motifs is 1. The Hall–Kier alpha value is -1.64. The minimum Gasteiger partial charge on any atom is -0.312 e. The van der Waals surface area contributed by atoms with Crippen LogP contribution < -0.4 is 5.32 Å². The Morgan fingerprint density at radius 2 is 1.73 bits per heavy atom. The zero-order valence-electron chi connectivity index (χ0n) is 14.2. The Kier molecular flexibility index (Phi) is 5.84. The molecule has 2 aliphatic rings. The van der Waals surface area contributed by atoms with E-state index in [-0.39, 0.29) is 24.5 Å². The topological polar surface area (TPSA) is 46.0 Å². The van der Waals surface area contributed by atoms with Crippen LogP contribution in [0.5, 0.6) is 0 Å². The first-order valence-corrected chi connectivity index (χ1v) is 8.60. The normalized spacial score (nSPS) is 18.4. The van der Waals surface area contributed by atoms with E-state index in [1.807, 2.05) is 0 Å². The summed E-state index contributed by atoms with van der Waals surface area (Å²) in [5.41, 5.74) is 0.197. The van der Waals surface area contributed by atoms with Crippen LogP contribution in [0.15, 0.2) is 12.1 Å². The van der Waals surface area contributed by atoms with Gasteiger partial charge in [-0.25, -0.2) is 13.2 Å². The van der Waals surface area contributed by atoms with Crippen LogP contribution in [0.25, 0.3) is 0 Å². The minimum atomic E-state index is -1.15. The second-order valence-electron chi connectivity index (χ2n) is 6.71. The maximum atomic E-state index is 13.8. The second-order valence-corrected chi connectivity index (χ2v) is 6.71. The fourth-order valence-corrected chi connectivity index (χ4v) is 3.69. The van der Waals surface area contributed by atoms with Gasteiger partial charge in [-0.2, -0.15) is 0 Å². The van der Waals surface area contributed by atoms with Crippen molar-refractivity contribution in [2.24, 2.45) is 0 Å². The van der Waals surface area contributed by atoms with E-state index in [2.05, 4.69) is 25.0 Å². The van der Waals surface area contributed by atoms with Crippen molar-refractivity contribution in [3.8, 4) is 0 Å². The average Bonchev–Trinajstić information content (AvgIpc) is 3.04. The van der Waals surface area contributed by atoms with Crippen LogP contribution >= 0.6 is 12.4 Å². The van der Waals surface area contributed by atoms with Gasteiger partial charge in [-0.3, -0.25) is 4.90 Å². The number of benzene rings is 1. The van der Waals surface area contributed by atoms with E-state index in [1.54, 1.807) is 0 Å². The Morgan fingerprint density at radius 1 is 1.00 bits per heavy atom. The molecule has 3 heterocycles. The highest BCUT2D eigenvalue weighted by atomic mass is 35.5. The first-order chi connectivity index (χ1) is 12.1. The quantitative estimate of drug-likeness (QED) is 0.822. The van der Waals surface area contributed by atoms with Crippen LogP contribution in [0.2, 0.25) is 0 Å². The van der Waals surface area contributed by atoms with E-state index in [1.165, 1.54) is 0 Å². The number of likely N-dealkylation sites (tertiary alicyclic amines) is 1. The van der Waals surface area contributed by atoms with Crippen molar-refractivity contribution in [2.75, 3.05) is 19.6 Å². The standard InChI is InChI=1S/C17H20F3N5.ClH/c18-13-8-15(20)14(19)7-12(13)10-24-4-1-11(2-5-24)17-23-22-16-9-21-3-6-25(16)17;/h7-8,11,21H,1-6,9-10H2;1H. The summed E-state index contributed by atoms with van der Waals surface area (Å²) in [5, 5.41) is 11.9. The van der Waals surface area contributed by atoms with Crippen molar-refractivity contribution in [3.05, 3.63) is 46.8 Å². The molecule has 1 aromatic carbocycles. The fourth-order valence-electron chi connectivity index (χ4n) is 3.69. The number of halogens is 4. The molecule has 0 spiro atoms. The number of hydrogen-bond donors (Lipinski definition) is 1. The van der Waals surface area contributed by atoms with Gasteiger partial charge in [0, 0.05) is 37.2 Å². The van der Waals surface area contributed by atoms with Crippen LogP contribution in [-0.4, -0.2) is 39.3 Å². The third-order valence-corrected chi connectivity index (χ3v) is 5.09. The highest BCUT2D eigenvalue weighted by molar-refractivity contribution is 5.85. The highest BCUT2D eigenvalue weighted by Gasteiger charge is 2.27. The van der Waals surface area contributed by atoms with Crippen LogP contribution in [0.3, 0.4) is 0 Å². The van der Waals surface area contributed by atoms with Gasteiger partial charge >= 0.3 is 0 Å². The van der Waals surface area contributed by atoms with E-state index in [0.717, 1.165) is 63.3 Å². The van der Waals surface area contributed by atoms with Gasteiger partial charge in [-0.15, -0.1) is 22.6 Å². The van der Waals surface area contributed by atoms with Crippen molar-refractivity contribution < 1.29 is 13.2 Å². The molecule has 1 fully saturated rings. The van der Waals surface area contributed by atoms with Gasteiger partial charge in [0.2, 0.25) is 0 Å². The zero-order valence-corrected chi connectivity index (χ0v) is 15.0. The lowest BCUT2D eigenvalue weighted by Crippen LogP contribution is -2.35. The lowest BCUT2D eigenvalue weighted by molar-refractivity contribution is 0.197. The van der Waals surface area contributed by atoms with Crippen LogP contribution in [0.4, 0.5) is 13.2 Å². The van der Waals surface area contributed by atoms with Crippen molar-refractivity contribution in [2.45, 2.75) is 38.4 Å². The molecule has 2 aromatic rings. The van der Waals surface area contributed by atoms with E-state index >= 15 is 0 Å². The molecule has 9 heteroatoms. The summed E-state index contributed by atoms with van der Waals surface area (Å²) in [6.45, 7) is 4.39. The molecule has 26 heavy (non-hydrogen) atoms. The predicted molar refractivity (Wildman–Crippen MR) is 92.5 cm³/mol. The fraction of sp³-hybridized carbons (Fsp3) is 0.529. The first kappa shape index (κ1) is 19.1. The Balaban J connectivity index is 0.00000196. The first-order valence-electron chi connectivity index (χ1n) is 8.60. The minimum absolute atomic E-state index is 0. The average molecular weight is 388 g/mol. The predicted octanol–water partition coefficient (Wildman–Crippen LogP) is 2.60. The molecule has 142 valence electrons. The summed E-state index contributed by atoms with van der Waals surface area (Å²) in [5.74, 6) is -0.492. The molecule has 1 saturated heterocycles. The zero-order chi connectivity index (χ0) is 17.4. The van der Waals surface area contributed by atoms with Gasteiger partial charge in [-0.1, -0.05) is 0 Å². The van der Waals surface area contributed by atoms with Gasteiger partial charge in [-0.05, 0) is 32.0 Å².